The van der Waals surface area contributed by atoms with Gasteiger partial charge in [0.2, 0.25) is 5.91 Å². The van der Waals surface area contributed by atoms with E-state index in [1.807, 2.05) is 48.2 Å². The third-order valence-electron chi connectivity index (χ3n) is 3.58. The van der Waals surface area contributed by atoms with Crippen molar-refractivity contribution in [3.8, 4) is 0 Å². The highest BCUT2D eigenvalue weighted by Gasteiger charge is 2.33. The first-order valence-corrected chi connectivity index (χ1v) is 6.40. The first kappa shape index (κ1) is 11.8. The van der Waals surface area contributed by atoms with Gasteiger partial charge in [-0.1, -0.05) is 30.3 Å². The molecule has 0 bridgehead atoms. The summed E-state index contributed by atoms with van der Waals surface area (Å²) in [5.41, 5.74) is 10.0. The Hall–Kier alpha value is -2.29. The van der Waals surface area contributed by atoms with Gasteiger partial charge >= 0.3 is 0 Å². The summed E-state index contributed by atoms with van der Waals surface area (Å²) in [6, 6.07) is 15.9. The van der Waals surface area contributed by atoms with Crippen molar-refractivity contribution in [2.45, 2.75) is 19.4 Å². The summed E-state index contributed by atoms with van der Waals surface area (Å²) in [7, 11) is 0. The van der Waals surface area contributed by atoms with Crippen LogP contribution in [0.1, 0.15) is 11.1 Å². The van der Waals surface area contributed by atoms with Crippen LogP contribution in [0.15, 0.2) is 48.5 Å². The molecular weight excluding hydrogens is 236 g/mol. The van der Waals surface area contributed by atoms with Crippen molar-refractivity contribution in [3.05, 3.63) is 59.7 Å². The van der Waals surface area contributed by atoms with Gasteiger partial charge in [0.15, 0.2) is 0 Å². The molecule has 3 rings (SSSR count). The maximum atomic E-state index is 11.7. The molecule has 0 radical (unpaired) electrons. The lowest BCUT2D eigenvalue weighted by Crippen LogP contribution is -2.40. The monoisotopic (exact) mass is 252 g/mol. The van der Waals surface area contributed by atoms with Gasteiger partial charge in [-0.25, -0.2) is 0 Å². The molecule has 0 saturated heterocycles. The molecule has 0 spiro atoms. The zero-order valence-electron chi connectivity index (χ0n) is 10.8. The van der Waals surface area contributed by atoms with Gasteiger partial charge in [-0.3, -0.25) is 4.79 Å². The van der Waals surface area contributed by atoms with Crippen molar-refractivity contribution in [1.82, 2.24) is 0 Å². The normalized spacial score (nSPS) is 17.3. The highest BCUT2D eigenvalue weighted by atomic mass is 16.1. The minimum atomic E-state index is -0.292. The van der Waals surface area contributed by atoms with E-state index in [1.54, 1.807) is 0 Å². The van der Waals surface area contributed by atoms with Crippen molar-refractivity contribution >= 4 is 17.3 Å². The Morgan fingerprint density at radius 2 is 2.00 bits per heavy atom. The number of nitrogens with two attached hydrogens (primary N) is 1. The topological polar surface area (TPSA) is 46.3 Å². The average Bonchev–Trinajstić information content (AvgIpc) is 2.78. The third-order valence-corrected chi connectivity index (χ3v) is 3.58. The van der Waals surface area contributed by atoms with Gasteiger partial charge in [0, 0.05) is 17.8 Å². The lowest BCUT2D eigenvalue weighted by atomic mass is 10.1. The van der Waals surface area contributed by atoms with Crippen molar-refractivity contribution in [2.24, 2.45) is 5.73 Å². The predicted molar refractivity (Wildman–Crippen MR) is 76.4 cm³/mol. The number of benzene rings is 2. The molecule has 1 amide bonds. The highest BCUT2D eigenvalue weighted by Crippen LogP contribution is 2.38. The van der Waals surface area contributed by atoms with Gasteiger partial charge in [0.05, 0.1) is 0 Å². The number of para-hydroxylation sites is 1. The van der Waals surface area contributed by atoms with Crippen LogP contribution in [0.2, 0.25) is 0 Å². The predicted octanol–water partition coefficient (Wildman–Crippen LogP) is 2.54. The van der Waals surface area contributed by atoms with E-state index in [4.69, 9.17) is 5.73 Å². The summed E-state index contributed by atoms with van der Waals surface area (Å²) < 4.78 is 0. The molecule has 0 fully saturated rings. The number of aryl methyl sites for hydroxylation is 1. The van der Waals surface area contributed by atoms with E-state index >= 15 is 0 Å². The molecule has 1 heterocycles. The maximum Gasteiger partial charge on any atom is 0.240 e. The number of nitrogens with zero attached hydrogens (tertiary/aromatic N) is 1. The summed E-state index contributed by atoms with van der Waals surface area (Å²) >= 11 is 0. The quantitative estimate of drug-likeness (QED) is 0.892. The van der Waals surface area contributed by atoms with Crippen molar-refractivity contribution < 1.29 is 4.79 Å². The second-order valence-electron chi connectivity index (χ2n) is 4.96. The summed E-state index contributed by atoms with van der Waals surface area (Å²) in [5.74, 6) is -0.280. The molecule has 1 aliphatic rings. The van der Waals surface area contributed by atoms with Crippen LogP contribution in [0, 0.1) is 6.92 Å². The summed E-state index contributed by atoms with van der Waals surface area (Å²) in [4.78, 5) is 13.8. The van der Waals surface area contributed by atoms with Gasteiger partial charge in [-0.15, -0.1) is 0 Å². The Kier molecular flexibility index (Phi) is 2.75. The number of rotatable bonds is 2. The van der Waals surface area contributed by atoms with Crippen LogP contribution in [0.25, 0.3) is 0 Å². The fourth-order valence-corrected chi connectivity index (χ4v) is 2.71. The van der Waals surface area contributed by atoms with E-state index in [2.05, 4.69) is 12.1 Å². The van der Waals surface area contributed by atoms with E-state index in [9.17, 15) is 4.79 Å². The number of carbonyl (C=O) groups is 1. The number of primary amides is 1. The fourth-order valence-electron chi connectivity index (χ4n) is 2.71. The van der Waals surface area contributed by atoms with E-state index in [1.165, 1.54) is 11.1 Å². The van der Waals surface area contributed by atoms with Gasteiger partial charge < -0.3 is 10.6 Å². The number of amides is 1. The zero-order chi connectivity index (χ0) is 13.4. The molecular formula is C16H16N2O. The van der Waals surface area contributed by atoms with E-state index in [0.717, 1.165) is 11.4 Å². The first-order chi connectivity index (χ1) is 9.16. The average molecular weight is 252 g/mol. The molecule has 3 nitrogen and oxygen atoms in total. The van der Waals surface area contributed by atoms with Gasteiger partial charge in [-0.2, -0.15) is 0 Å². The Labute approximate surface area is 112 Å². The molecule has 3 heteroatoms. The molecule has 2 aromatic rings. The number of hydrogen-bond donors (Lipinski definition) is 1. The number of hydrogen-bond acceptors (Lipinski definition) is 2. The Bertz CT molecular complexity index is 636. The molecule has 1 aliphatic heterocycles. The van der Waals surface area contributed by atoms with Crippen molar-refractivity contribution in [1.29, 1.82) is 0 Å². The zero-order valence-corrected chi connectivity index (χ0v) is 10.8. The lowest BCUT2D eigenvalue weighted by Gasteiger charge is -2.25. The fraction of sp³-hybridized carbons (Fsp3) is 0.188. The Morgan fingerprint density at radius 1 is 1.21 bits per heavy atom. The molecule has 96 valence electrons. The van der Waals surface area contributed by atoms with Crippen LogP contribution in [0.5, 0.6) is 0 Å². The van der Waals surface area contributed by atoms with E-state index in [0.29, 0.717) is 6.42 Å². The Morgan fingerprint density at radius 3 is 2.74 bits per heavy atom. The van der Waals surface area contributed by atoms with Gasteiger partial charge in [0.25, 0.3) is 0 Å². The highest BCUT2D eigenvalue weighted by molar-refractivity contribution is 5.90. The van der Waals surface area contributed by atoms with Crippen LogP contribution < -0.4 is 10.6 Å². The first-order valence-electron chi connectivity index (χ1n) is 6.40. The number of fused-ring (bicyclic) bond motifs is 1. The molecule has 2 aromatic carbocycles. The Balaban J connectivity index is 2.12. The van der Waals surface area contributed by atoms with Crippen LogP contribution in [0.3, 0.4) is 0 Å². The lowest BCUT2D eigenvalue weighted by molar-refractivity contribution is -0.119. The van der Waals surface area contributed by atoms with E-state index in [-0.39, 0.29) is 11.9 Å². The van der Waals surface area contributed by atoms with Crippen LogP contribution in [-0.4, -0.2) is 11.9 Å². The third kappa shape index (κ3) is 1.97. The second-order valence-corrected chi connectivity index (χ2v) is 4.96. The second kappa shape index (κ2) is 4.43. The number of carbonyl (C=O) groups excluding carboxylic acids is 1. The standard InChI is InChI=1S/C16H16N2O/c1-11-5-4-7-13(9-11)18-14-8-3-2-6-12(14)10-15(18)16(17)19/h2-9,15H,10H2,1H3,(H2,17,19). The molecule has 1 atom stereocenters. The molecule has 2 N–H and O–H groups in total. The molecule has 0 saturated carbocycles. The van der Waals surface area contributed by atoms with Crippen LogP contribution in [-0.2, 0) is 11.2 Å². The molecule has 1 unspecified atom stereocenters. The smallest absolute Gasteiger partial charge is 0.240 e. The van der Waals surface area contributed by atoms with Crippen molar-refractivity contribution in [3.63, 3.8) is 0 Å². The van der Waals surface area contributed by atoms with Crippen molar-refractivity contribution in [2.75, 3.05) is 4.90 Å². The minimum Gasteiger partial charge on any atom is -0.368 e. The molecule has 0 aliphatic carbocycles. The maximum absolute atomic E-state index is 11.7. The SMILES string of the molecule is Cc1cccc(N2c3ccccc3CC2C(N)=O)c1. The van der Waals surface area contributed by atoms with Crippen LogP contribution in [0.4, 0.5) is 11.4 Å². The summed E-state index contributed by atoms with van der Waals surface area (Å²) in [6.45, 7) is 2.05. The largest absolute Gasteiger partial charge is 0.368 e. The molecule has 0 aromatic heterocycles. The molecule has 19 heavy (non-hydrogen) atoms. The van der Waals surface area contributed by atoms with Gasteiger partial charge in [0.1, 0.15) is 6.04 Å². The van der Waals surface area contributed by atoms with Crippen LogP contribution >= 0.6 is 0 Å². The number of anilines is 2. The van der Waals surface area contributed by atoms with E-state index < -0.39 is 0 Å². The van der Waals surface area contributed by atoms with Gasteiger partial charge in [-0.05, 0) is 36.2 Å². The minimum absolute atomic E-state index is 0.280. The summed E-state index contributed by atoms with van der Waals surface area (Å²) in [6.07, 6.45) is 0.680. The summed E-state index contributed by atoms with van der Waals surface area (Å²) in [5, 5.41) is 0.